The number of benzene rings is 1. The van der Waals surface area contributed by atoms with Crippen molar-refractivity contribution in [3.63, 3.8) is 0 Å². The maximum Gasteiger partial charge on any atom is 0.170 e. The van der Waals surface area contributed by atoms with E-state index in [0.29, 0.717) is 6.42 Å². The van der Waals surface area contributed by atoms with Gasteiger partial charge >= 0.3 is 0 Å². The number of ether oxygens (including phenoxy) is 1. The summed E-state index contributed by atoms with van der Waals surface area (Å²) in [6.07, 6.45) is 5.09. The third-order valence-electron chi connectivity index (χ3n) is 5.39. The summed E-state index contributed by atoms with van der Waals surface area (Å²) in [7, 11) is 0. The fraction of sp³-hybridized carbons (Fsp3) is 0.526. The van der Waals surface area contributed by atoms with E-state index in [2.05, 4.69) is 26.6 Å². The lowest BCUT2D eigenvalue weighted by Gasteiger charge is -2.37. The van der Waals surface area contributed by atoms with E-state index in [4.69, 9.17) is 4.74 Å². The summed E-state index contributed by atoms with van der Waals surface area (Å²) in [6, 6.07) is 7.62. The van der Waals surface area contributed by atoms with Crippen LogP contribution in [-0.4, -0.2) is 44.1 Å². The van der Waals surface area contributed by atoms with Crippen molar-refractivity contribution in [2.75, 3.05) is 13.1 Å². The van der Waals surface area contributed by atoms with Gasteiger partial charge in [0.05, 0.1) is 18.5 Å². The summed E-state index contributed by atoms with van der Waals surface area (Å²) in [5.41, 5.74) is 0.379. The Morgan fingerprint density at radius 3 is 3.00 bits per heavy atom. The number of rotatable bonds is 3. The molecule has 1 unspecified atom stereocenters. The van der Waals surface area contributed by atoms with Crippen LogP contribution in [0.15, 0.2) is 30.6 Å². The van der Waals surface area contributed by atoms with Gasteiger partial charge in [-0.15, -0.1) is 10.2 Å². The van der Waals surface area contributed by atoms with Crippen LogP contribution in [0.2, 0.25) is 0 Å². The van der Waals surface area contributed by atoms with Gasteiger partial charge in [-0.05, 0) is 38.4 Å². The first-order chi connectivity index (χ1) is 12.2. The van der Waals surface area contributed by atoms with Gasteiger partial charge in [0.2, 0.25) is 0 Å². The number of hydrogen-bond donors (Lipinski definition) is 0. The molecule has 0 amide bonds. The van der Waals surface area contributed by atoms with Crippen LogP contribution in [0.25, 0.3) is 0 Å². The normalized spacial score (nSPS) is 24.0. The average molecular weight is 340 g/mol. The number of aromatic nitrogens is 3. The first kappa shape index (κ1) is 16.3. The van der Waals surface area contributed by atoms with E-state index in [1.54, 1.807) is 6.33 Å². The zero-order chi connectivity index (χ0) is 17.3. The maximum atomic E-state index is 12.6. The highest BCUT2D eigenvalue weighted by molar-refractivity contribution is 6.00. The molecule has 1 aromatic carbocycles. The molecule has 0 N–H and O–H groups in total. The van der Waals surface area contributed by atoms with E-state index in [0.717, 1.165) is 62.6 Å². The van der Waals surface area contributed by atoms with Gasteiger partial charge in [0.25, 0.3) is 0 Å². The van der Waals surface area contributed by atoms with Crippen LogP contribution >= 0.6 is 0 Å². The SMILES string of the molecule is CCn1cnnc1CN1CCCC2(CC1)CC(=O)c1ccccc1O2. The fourth-order valence-electron chi connectivity index (χ4n) is 3.97. The molecule has 2 aliphatic rings. The molecule has 1 aromatic heterocycles. The zero-order valence-electron chi connectivity index (χ0n) is 14.6. The highest BCUT2D eigenvalue weighted by atomic mass is 16.5. The molecule has 0 aliphatic carbocycles. The van der Waals surface area contributed by atoms with E-state index in [9.17, 15) is 4.79 Å². The third kappa shape index (κ3) is 3.18. The number of carbonyl (C=O) groups is 1. The molecule has 0 radical (unpaired) electrons. The molecule has 6 heteroatoms. The Morgan fingerprint density at radius 1 is 1.24 bits per heavy atom. The number of ketones is 1. The van der Waals surface area contributed by atoms with Gasteiger partial charge in [-0.1, -0.05) is 12.1 Å². The molecule has 6 nitrogen and oxygen atoms in total. The molecule has 1 saturated heterocycles. The summed E-state index contributed by atoms with van der Waals surface area (Å²) in [4.78, 5) is 15.0. The van der Waals surface area contributed by atoms with E-state index in [1.807, 2.05) is 24.3 Å². The van der Waals surface area contributed by atoms with Crippen LogP contribution < -0.4 is 4.74 Å². The summed E-state index contributed by atoms with van der Waals surface area (Å²) in [6.45, 7) is 5.69. The van der Waals surface area contributed by atoms with Crippen molar-refractivity contribution >= 4 is 5.78 Å². The van der Waals surface area contributed by atoms with Gasteiger partial charge in [-0.25, -0.2) is 0 Å². The monoisotopic (exact) mass is 340 g/mol. The molecule has 1 atom stereocenters. The highest BCUT2D eigenvalue weighted by Crippen LogP contribution is 2.39. The van der Waals surface area contributed by atoms with Crippen molar-refractivity contribution in [2.45, 2.75) is 51.3 Å². The molecule has 132 valence electrons. The first-order valence-electron chi connectivity index (χ1n) is 9.09. The smallest absolute Gasteiger partial charge is 0.170 e. The Bertz CT molecular complexity index is 772. The van der Waals surface area contributed by atoms with Gasteiger partial charge in [0.1, 0.15) is 23.5 Å². The lowest BCUT2D eigenvalue weighted by atomic mass is 9.84. The van der Waals surface area contributed by atoms with Gasteiger partial charge in [-0.2, -0.15) is 0 Å². The summed E-state index contributed by atoms with van der Waals surface area (Å²) in [5.74, 6) is 1.96. The second-order valence-electron chi connectivity index (χ2n) is 7.04. The van der Waals surface area contributed by atoms with Crippen LogP contribution in [0.4, 0.5) is 0 Å². The Morgan fingerprint density at radius 2 is 2.12 bits per heavy atom. The number of fused-ring (bicyclic) bond motifs is 1. The number of Topliss-reactive ketones (excluding diaryl/α,β-unsaturated/α-hetero) is 1. The van der Waals surface area contributed by atoms with Gasteiger partial charge < -0.3 is 9.30 Å². The van der Waals surface area contributed by atoms with Crippen molar-refractivity contribution in [3.05, 3.63) is 42.0 Å². The van der Waals surface area contributed by atoms with Crippen molar-refractivity contribution in [2.24, 2.45) is 0 Å². The number of likely N-dealkylation sites (tertiary alicyclic amines) is 1. The van der Waals surface area contributed by atoms with E-state index >= 15 is 0 Å². The minimum atomic E-state index is -0.349. The summed E-state index contributed by atoms with van der Waals surface area (Å²) < 4.78 is 8.44. The van der Waals surface area contributed by atoms with E-state index in [1.165, 1.54) is 0 Å². The van der Waals surface area contributed by atoms with Gasteiger partial charge in [0.15, 0.2) is 5.78 Å². The zero-order valence-corrected chi connectivity index (χ0v) is 14.6. The second kappa shape index (κ2) is 6.59. The van der Waals surface area contributed by atoms with Crippen LogP contribution in [-0.2, 0) is 13.1 Å². The van der Waals surface area contributed by atoms with Crippen molar-refractivity contribution in [1.29, 1.82) is 0 Å². The lowest BCUT2D eigenvalue weighted by Crippen LogP contribution is -2.42. The average Bonchev–Trinajstić information content (AvgIpc) is 2.98. The molecule has 2 aliphatic heterocycles. The molecule has 0 bridgehead atoms. The molecule has 1 fully saturated rings. The van der Waals surface area contributed by atoms with E-state index < -0.39 is 0 Å². The second-order valence-corrected chi connectivity index (χ2v) is 7.04. The summed E-state index contributed by atoms with van der Waals surface area (Å²) >= 11 is 0. The summed E-state index contributed by atoms with van der Waals surface area (Å²) in [5, 5.41) is 8.26. The molecule has 0 saturated carbocycles. The largest absolute Gasteiger partial charge is 0.486 e. The minimum absolute atomic E-state index is 0.209. The first-order valence-corrected chi connectivity index (χ1v) is 9.09. The number of para-hydroxylation sites is 1. The Balaban J connectivity index is 1.47. The number of carbonyl (C=O) groups excluding carboxylic acids is 1. The predicted octanol–water partition coefficient (Wildman–Crippen LogP) is 2.69. The van der Waals surface area contributed by atoms with Gasteiger partial charge in [0, 0.05) is 19.5 Å². The van der Waals surface area contributed by atoms with Crippen LogP contribution in [0.5, 0.6) is 5.75 Å². The highest BCUT2D eigenvalue weighted by Gasteiger charge is 2.41. The molecule has 3 heterocycles. The number of nitrogens with zero attached hydrogens (tertiary/aromatic N) is 4. The lowest BCUT2D eigenvalue weighted by molar-refractivity contribution is 0.0298. The van der Waals surface area contributed by atoms with Crippen molar-refractivity contribution in [3.8, 4) is 5.75 Å². The van der Waals surface area contributed by atoms with E-state index in [-0.39, 0.29) is 11.4 Å². The van der Waals surface area contributed by atoms with Crippen LogP contribution in [0, 0.1) is 0 Å². The number of aryl methyl sites for hydroxylation is 1. The topological polar surface area (TPSA) is 60.2 Å². The minimum Gasteiger partial charge on any atom is -0.486 e. The Labute approximate surface area is 147 Å². The quantitative estimate of drug-likeness (QED) is 0.860. The molecule has 25 heavy (non-hydrogen) atoms. The van der Waals surface area contributed by atoms with Crippen molar-refractivity contribution in [1.82, 2.24) is 19.7 Å². The molecular formula is C19H24N4O2. The van der Waals surface area contributed by atoms with Crippen LogP contribution in [0.1, 0.15) is 48.8 Å². The molecule has 4 rings (SSSR count). The molecule has 1 spiro atoms. The van der Waals surface area contributed by atoms with Gasteiger partial charge in [-0.3, -0.25) is 9.69 Å². The Hall–Kier alpha value is -2.21. The van der Waals surface area contributed by atoms with Crippen LogP contribution in [0.3, 0.4) is 0 Å². The third-order valence-corrected chi connectivity index (χ3v) is 5.39. The molecular weight excluding hydrogens is 316 g/mol. The maximum absolute atomic E-state index is 12.6. The predicted molar refractivity (Wildman–Crippen MR) is 93.6 cm³/mol. The van der Waals surface area contributed by atoms with Crippen molar-refractivity contribution < 1.29 is 9.53 Å². The Kier molecular flexibility index (Phi) is 4.29. The molecule has 2 aromatic rings. The number of hydrogen-bond acceptors (Lipinski definition) is 5. The fourth-order valence-corrected chi connectivity index (χ4v) is 3.97. The standard InChI is InChI=1S/C19H24N4O2/c1-2-23-14-20-21-18(23)13-22-10-5-8-19(9-11-22)12-16(24)15-6-3-4-7-17(15)25-19/h3-4,6-7,14H,2,5,8-13H2,1H3.